The zero-order valence-electron chi connectivity index (χ0n) is 10.4. The van der Waals surface area contributed by atoms with Gasteiger partial charge in [-0.1, -0.05) is 24.9 Å². The summed E-state index contributed by atoms with van der Waals surface area (Å²) >= 11 is 6.08. The van der Waals surface area contributed by atoms with Gasteiger partial charge in [-0.2, -0.15) is 0 Å². The smallest absolute Gasteiger partial charge is 0.231 e. The van der Waals surface area contributed by atoms with Crippen molar-refractivity contribution < 1.29 is 14.6 Å². The van der Waals surface area contributed by atoms with E-state index in [9.17, 15) is 5.11 Å². The summed E-state index contributed by atoms with van der Waals surface area (Å²) in [6.45, 7) is 3.51. The van der Waals surface area contributed by atoms with Gasteiger partial charge in [0.05, 0.1) is 11.1 Å². The number of nitrogens with one attached hydrogen (secondary N) is 1. The molecule has 0 saturated heterocycles. The van der Waals surface area contributed by atoms with Gasteiger partial charge in [-0.3, -0.25) is 0 Å². The second-order valence-corrected chi connectivity index (χ2v) is 4.79. The molecule has 0 bridgehead atoms. The van der Waals surface area contributed by atoms with Crippen LogP contribution in [-0.2, 0) is 6.54 Å². The Hall–Kier alpha value is -0.970. The highest BCUT2D eigenvalue weighted by Crippen LogP contribution is 2.39. The van der Waals surface area contributed by atoms with Crippen LogP contribution in [0.2, 0.25) is 5.02 Å². The minimum atomic E-state index is -0.292. The van der Waals surface area contributed by atoms with Crippen LogP contribution < -0.4 is 14.8 Å². The third-order valence-electron chi connectivity index (χ3n) is 2.82. The van der Waals surface area contributed by atoms with Gasteiger partial charge in [0.1, 0.15) is 0 Å². The molecule has 2 rings (SSSR count). The maximum Gasteiger partial charge on any atom is 0.231 e. The molecule has 1 aromatic carbocycles. The molecule has 0 saturated carbocycles. The summed E-state index contributed by atoms with van der Waals surface area (Å²) in [5.74, 6) is 1.31. The van der Waals surface area contributed by atoms with Crippen LogP contribution in [0.15, 0.2) is 12.1 Å². The largest absolute Gasteiger partial charge is 0.454 e. The Balaban J connectivity index is 1.88. The minimum absolute atomic E-state index is 0.223. The van der Waals surface area contributed by atoms with E-state index in [1.165, 1.54) is 0 Å². The van der Waals surface area contributed by atoms with Gasteiger partial charge in [0.15, 0.2) is 11.5 Å². The molecule has 1 heterocycles. The first-order chi connectivity index (χ1) is 8.70. The van der Waals surface area contributed by atoms with E-state index < -0.39 is 0 Å². The van der Waals surface area contributed by atoms with E-state index in [0.29, 0.717) is 29.6 Å². The zero-order chi connectivity index (χ0) is 13.0. The van der Waals surface area contributed by atoms with Gasteiger partial charge in [-0.15, -0.1) is 0 Å². The van der Waals surface area contributed by atoms with E-state index in [2.05, 4.69) is 12.2 Å². The van der Waals surface area contributed by atoms with Gasteiger partial charge < -0.3 is 19.9 Å². The Bertz CT molecular complexity index is 411. The van der Waals surface area contributed by atoms with Crippen molar-refractivity contribution in [3.05, 3.63) is 22.7 Å². The predicted molar refractivity (Wildman–Crippen MR) is 70.2 cm³/mol. The molecule has 0 fully saturated rings. The van der Waals surface area contributed by atoms with Gasteiger partial charge in [0.2, 0.25) is 6.79 Å². The fraction of sp³-hybridized carbons (Fsp3) is 0.538. The summed E-state index contributed by atoms with van der Waals surface area (Å²) in [5, 5.41) is 13.4. The first-order valence-corrected chi connectivity index (χ1v) is 6.55. The van der Waals surface area contributed by atoms with Crippen molar-refractivity contribution in [1.29, 1.82) is 0 Å². The third kappa shape index (κ3) is 3.28. The molecule has 0 amide bonds. The molecule has 1 aliphatic heterocycles. The van der Waals surface area contributed by atoms with E-state index >= 15 is 0 Å². The standard InChI is InChI=1S/C13H18ClNO3/c1-2-3-10(16)7-15-6-9-4-11(14)13-12(5-9)17-8-18-13/h4-5,10,15-16H,2-3,6-8H2,1H3. The molecule has 18 heavy (non-hydrogen) atoms. The third-order valence-corrected chi connectivity index (χ3v) is 3.10. The van der Waals surface area contributed by atoms with Gasteiger partial charge >= 0.3 is 0 Å². The lowest BCUT2D eigenvalue weighted by Crippen LogP contribution is -2.26. The van der Waals surface area contributed by atoms with E-state index in [0.717, 1.165) is 18.4 Å². The Morgan fingerprint density at radius 3 is 3.06 bits per heavy atom. The first-order valence-electron chi connectivity index (χ1n) is 6.17. The van der Waals surface area contributed by atoms with Crippen LogP contribution in [-0.4, -0.2) is 24.5 Å². The molecule has 2 N–H and O–H groups in total. The molecule has 0 aromatic heterocycles. The predicted octanol–water partition coefficient (Wildman–Crippen LogP) is 2.32. The Kier molecular flexibility index (Phi) is 4.69. The van der Waals surface area contributed by atoms with Crippen molar-refractivity contribution in [2.24, 2.45) is 0 Å². The summed E-state index contributed by atoms with van der Waals surface area (Å²) in [6, 6.07) is 3.77. The summed E-state index contributed by atoms with van der Waals surface area (Å²) < 4.78 is 10.5. The molecule has 1 aliphatic rings. The zero-order valence-corrected chi connectivity index (χ0v) is 11.2. The van der Waals surface area contributed by atoms with E-state index in [1.54, 1.807) is 0 Å². The van der Waals surface area contributed by atoms with E-state index in [1.807, 2.05) is 12.1 Å². The fourth-order valence-corrected chi connectivity index (χ4v) is 2.23. The van der Waals surface area contributed by atoms with Gasteiger partial charge in [0.25, 0.3) is 0 Å². The summed E-state index contributed by atoms with van der Waals surface area (Å²) in [7, 11) is 0. The topological polar surface area (TPSA) is 50.7 Å². The average molecular weight is 272 g/mol. The summed E-state index contributed by atoms with van der Waals surface area (Å²) in [5.41, 5.74) is 1.02. The van der Waals surface area contributed by atoms with Crippen LogP contribution in [0.1, 0.15) is 25.3 Å². The number of hydrogen-bond donors (Lipinski definition) is 2. The van der Waals surface area contributed by atoms with Crippen LogP contribution in [0, 0.1) is 0 Å². The molecule has 0 spiro atoms. The monoisotopic (exact) mass is 271 g/mol. The summed E-state index contributed by atoms with van der Waals surface area (Å²) in [4.78, 5) is 0. The van der Waals surface area contributed by atoms with Crippen molar-refractivity contribution in [3.8, 4) is 11.5 Å². The van der Waals surface area contributed by atoms with Crippen molar-refractivity contribution in [3.63, 3.8) is 0 Å². The van der Waals surface area contributed by atoms with E-state index in [-0.39, 0.29) is 12.9 Å². The second-order valence-electron chi connectivity index (χ2n) is 4.38. The number of aliphatic hydroxyl groups is 1. The fourth-order valence-electron chi connectivity index (χ4n) is 1.94. The number of halogens is 1. The van der Waals surface area contributed by atoms with E-state index in [4.69, 9.17) is 21.1 Å². The molecule has 1 unspecified atom stereocenters. The van der Waals surface area contributed by atoms with Gasteiger partial charge in [-0.05, 0) is 24.1 Å². The van der Waals surface area contributed by atoms with Crippen LogP contribution in [0.5, 0.6) is 11.5 Å². The van der Waals surface area contributed by atoms with Gasteiger partial charge in [0, 0.05) is 13.1 Å². The van der Waals surface area contributed by atoms with Crippen LogP contribution in [0.3, 0.4) is 0 Å². The molecular weight excluding hydrogens is 254 g/mol. The van der Waals surface area contributed by atoms with Crippen molar-refractivity contribution in [2.75, 3.05) is 13.3 Å². The number of fused-ring (bicyclic) bond motifs is 1. The highest BCUT2D eigenvalue weighted by Gasteiger charge is 2.18. The average Bonchev–Trinajstić information content (AvgIpc) is 2.78. The van der Waals surface area contributed by atoms with Crippen LogP contribution in [0.25, 0.3) is 0 Å². The molecule has 5 heteroatoms. The number of benzene rings is 1. The molecule has 0 radical (unpaired) electrons. The quantitative estimate of drug-likeness (QED) is 0.834. The normalized spacial score (nSPS) is 14.8. The lowest BCUT2D eigenvalue weighted by Gasteiger charge is -2.11. The number of aliphatic hydroxyl groups excluding tert-OH is 1. The molecule has 100 valence electrons. The van der Waals surface area contributed by atoms with Crippen LogP contribution in [0.4, 0.5) is 0 Å². The van der Waals surface area contributed by atoms with Crippen molar-refractivity contribution in [2.45, 2.75) is 32.4 Å². The maximum atomic E-state index is 9.60. The molecule has 1 aromatic rings. The molecule has 1 atom stereocenters. The highest BCUT2D eigenvalue weighted by atomic mass is 35.5. The molecular formula is C13H18ClNO3. The SMILES string of the molecule is CCCC(O)CNCc1cc(Cl)c2c(c1)OCO2. The minimum Gasteiger partial charge on any atom is -0.454 e. The van der Waals surface area contributed by atoms with Gasteiger partial charge in [-0.25, -0.2) is 0 Å². The number of rotatable bonds is 6. The Morgan fingerprint density at radius 1 is 1.44 bits per heavy atom. The lowest BCUT2D eigenvalue weighted by molar-refractivity contribution is 0.160. The molecule has 4 nitrogen and oxygen atoms in total. The molecule has 0 aliphatic carbocycles. The Labute approximate surface area is 112 Å². The lowest BCUT2D eigenvalue weighted by atomic mass is 10.2. The summed E-state index contributed by atoms with van der Waals surface area (Å²) in [6.07, 6.45) is 1.51. The second kappa shape index (κ2) is 6.27. The van der Waals surface area contributed by atoms with Crippen molar-refractivity contribution in [1.82, 2.24) is 5.32 Å². The highest BCUT2D eigenvalue weighted by molar-refractivity contribution is 6.32. The number of hydrogen-bond acceptors (Lipinski definition) is 4. The first kappa shape index (κ1) is 13.5. The van der Waals surface area contributed by atoms with Crippen molar-refractivity contribution >= 4 is 11.6 Å². The Morgan fingerprint density at radius 2 is 2.28 bits per heavy atom. The number of ether oxygens (including phenoxy) is 2. The maximum absolute atomic E-state index is 9.60. The van der Waals surface area contributed by atoms with Crippen LogP contribution >= 0.6 is 11.6 Å².